The maximum Gasteiger partial charge on any atom is 0.416 e. The Kier molecular flexibility index (Phi) is 27.0. The molecule has 7 unspecified atom stereocenters. The monoisotopic (exact) mass is 1040 g/mol. The largest absolute Gasteiger partial charge is 0.496 e. The average Bonchev–Trinajstić information content (AvgIpc) is 4.10. The van der Waals surface area contributed by atoms with Gasteiger partial charge in [0, 0.05) is 46.2 Å². The van der Waals surface area contributed by atoms with Crippen LogP contribution in [0.15, 0.2) is 48.5 Å². The van der Waals surface area contributed by atoms with E-state index in [0.717, 1.165) is 16.8 Å². The quantitative estimate of drug-likeness (QED) is 0.141. The van der Waals surface area contributed by atoms with Crippen LogP contribution in [0.1, 0.15) is 145 Å². The van der Waals surface area contributed by atoms with Gasteiger partial charge < -0.3 is 19.3 Å². The predicted molar refractivity (Wildman–Crippen MR) is 274 cm³/mol. The number of aryl methyl sites for hydroxylation is 4. The number of ether oxygens (including phenoxy) is 2. The first-order valence-corrected chi connectivity index (χ1v) is 27.2. The van der Waals surface area contributed by atoms with Crippen LogP contribution in [0.2, 0.25) is 0 Å². The molecule has 0 amide bonds. The van der Waals surface area contributed by atoms with Gasteiger partial charge in [-0.1, -0.05) is 98.8 Å². The van der Waals surface area contributed by atoms with Crippen molar-refractivity contribution < 1.29 is 56.8 Å². The molecular weight excluding hydrogens is 951 g/mol. The number of benzene rings is 3. The topological polar surface area (TPSA) is 24.9 Å². The summed E-state index contributed by atoms with van der Waals surface area (Å²) in [5, 5.41) is 4.01. The van der Waals surface area contributed by atoms with E-state index in [1.807, 2.05) is 0 Å². The minimum absolute atomic E-state index is 0. The van der Waals surface area contributed by atoms with Crippen LogP contribution in [0.3, 0.4) is 0 Å². The number of halogens is 3. The van der Waals surface area contributed by atoms with Crippen molar-refractivity contribution in [1.82, 2.24) is 9.80 Å². The van der Waals surface area contributed by atoms with Gasteiger partial charge in [0.15, 0.2) is 0 Å². The molecule has 0 aliphatic heterocycles. The van der Waals surface area contributed by atoms with Gasteiger partial charge in [0.1, 0.15) is 11.5 Å². The number of rotatable bonds is 11. The summed E-state index contributed by atoms with van der Waals surface area (Å²) in [6, 6.07) is 16.4. The first-order chi connectivity index (χ1) is 30.3. The van der Waals surface area contributed by atoms with E-state index in [-0.39, 0.29) is 34.1 Å². The molecule has 4 saturated carbocycles. The minimum atomic E-state index is -4.25. The molecule has 0 bridgehead atoms. The number of alkyl halides is 3. The molecule has 11 heteroatoms. The van der Waals surface area contributed by atoms with E-state index in [4.69, 9.17) is 9.47 Å². The van der Waals surface area contributed by atoms with Gasteiger partial charge in [0.25, 0.3) is 0 Å². The van der Waals surface area contributed by atoms with Crippen molar-refractivity contribution in [3.8, 4) is 11.5 Å². The summed E-state index contributed by atoms with van der Waals surface area (Å²) in [4.78, 5) is 4.67. The predicted octanol–water partition coefficient (Wildman–Crippen LogP) is 14.0. The Balaban J connectivity index is 0.000000377. The van der Waals surface area contributed by atoms with Gasteiger partial charge in [-0.05, 0) is 213 Å². The van der Waals surface area contributed by atoms with E-state index in [0.29, 0.717) is 55.7 Å². The Hall–Kier alpha value is -1.13. The molecule has 0 N–H and O–H groups in total. The van der Waals surface area contributed by atoms with E-state index in [1.54, 1.807) is 26.4 Å². The first kappa shape index (κ1) is 61.0. The summed E-state index contributed by atoms with van der Waals surface area (Å²) in [6.45, 7) is 18.2. The Morgan fingerprint density at radius 2 is 0.924 bits per heavy atom. The molecule has 4 fully saturated rings. The van der Waals surface area contributed by atoms with Gasteiger partial charge >= 0.3 is 6.18 Å². The molecule has 4 nitrogen and oxygen atoms in total. The molecule has 4 aliphatic rings. The van der Waals surface area contributed by atoms with Crippen molar-refractivity contribution in [2.75, 3.05) is 42.4 Å². The Morgan fingerprint density at radius 1 is 0.576 bits per heavy atom. The summed E-state index contributed by atoms with van der Waals surface area (Å²) < 4.78 is 49.3. The van der Waals surface area contributed by atoms with Crippen molar-refractivity contribution in [1.29, 1.82) is 0 Å². The average molecular weight is 1040 g/mol. The summed E-state index contributed by atoms with van der Waals surface area (Å²) in [5.74, 6) is 4.71. The maximum atomic E-state index is 12.6. The second kappa shape index (κ2) is 29.3. The van der Waals surface area contributed by atoms with Crippen LogP contribution in [0.25, 0.3) is 0 Å². The Bertz CT molecular complexity index is 1720. The van der Waals surface area contributed by atoms with E-state index >= 15 is 0 Å². The van der Waals surface area contributed by atoms with E-state index in [9.17, 15) is 13.2 Å². The van der Waals surface area contributed by atoms with Gasteiger partial charge in [0.2, 0.25) is 0 Å². The Labute approximate surface area is 425 Å². The van der Waals surface area contributed by atoms with E-state index in [1.165, 1.54) is 135 Å². The van der Waals surface area contributed by atoms with Crippen LogP contribution in [0, 0.1) is 51.4 Å². The summed E-state index contributed by atoms with van der Waals surface area (Å²) in [6.07, 6.45) is 15.8. The van der Waals surface area contributed by atoms with Crippen LogP contribution >= 0.6 is 16.5 Å². The molecule has 0 saturated heterocycles. The molecule has 3 aromatic carbocycles. The van der Waals surface area contributed by atoms with Crippen molar-refractivity contribution >= 4 is 32.4 Å². The molecule has 0 aromatic heterocycles. The third kappa shape index (κ3) is 17.0. The maximum absolute atomic E-state index is 12.6. The van der Waals surface area contributed by atoms with Crippen LogP contribution in [-0.4, -0.2) is 75.6 Å². The van der Waals surface area contributed by atoms with Crippen LogP contribution < -0.4 is 25.4 Å². The molecule has 0 heterocycles. The number of nitrogens with zero attached hydrogens (tertiary/aromatic N) is 2. The SMILES string of the molecule is C1CCCC1.C1CCCC1.CC1CCC([C@@H](C)N(C)C)C1Pc1ccc(C(F)(F)F)cc1.COc1c(C)cc(P(c2cc(C)c(OC)c(C)c2)C2C(C)CCC2[C@@H](C)N(C)C)cc1C.[Fe].[Fe]. The van der Waals surface area contributed by atoms with Crippen LogP contribution in [-0.2, 0) is 40.3 Å². The molecule has 7 rings (SSSR count). The van der Waals surface area contributed by atoms with Crippen molar-refractivity contribution in [2.24, 2.45) is 23.7 Å². The number of hydrogen-bond acceptors (Lipinski definition) is 4. The standard InChI is InChI=1S/C28H42NO2P.C17H25F3NP.2C5H10.2Fe/c1-17-11-12-25(22(6)29(7)8)28(17)32(23-13-18(2)26(30-9)19(3)14-23)24-15-20(4)27(31-10)21(5)16-24;1-11-5-10-15(12(2)21(3)4)16(11)22-14-8-6-13(7-9-14)17(18,19)20;2*1-2-4-5-3-1;;/h13-17,22,25,28H,11-12H2,1-10H3;6-9,11-12,15-16,22H,5,10H2,1-4H3;2*1-5H2;;/t17?,22-,25?,28?;11?,12-,15?,16?;;;;/m11..../s1. The van der Waals surface area contributed by atoms with Crippen LogP contribution in [0.5, 0.6) is 11.5 Å². The first-order valence-electron chi connectivity index (χ1n) is 24.7. The van der Waals surface area contributed by atoms with Gasteiger partial charge in [-0.15, -0.1) is 0 Å². The van der Waals surface area contributed by atoms with Gasteiger partial charge in [-0.25, -0.2) is 0 Å². The molecule has 3 aromatic rings. The van der Waals surface area contributed by atoms with Crippen molar-refractivity contribution in [2.45, 2.75) is 175 Å². The number of methoxy groups -OCH3 is 2. The van der Waals surface area contributed by atoms with Crippen LogP contribution in [0.4, 0.5) is 13.2 Å². The molecule has 0 radical (unpaired) electrons. The summed E-state index contributed by atoms with van der Waals surface area (Å²) in [7, 11) is 12.3. The second-order valence-corrected chi connectivity index (χ2v) is 24.1. The molecule has 376 valence electrons. The zero-order valence-electron chi connectivity index (χ0n) is 43.1. The van der Waals surface area contributed by atoms with Gasteiger partial charge in [-0.2, -0.15) is 13.2 Å². The number of hydrogen-bond donors (Lipinski definition) is 0. The molecule has 66 heavy (non-hydrogen) atoms. The molecular formula is C55H87F3Fe2N2O2P2. The fourth-order valence-corrected chi connectivity index (χ4v) is 16.6. The van der Waals surface area contributed by atoms with Gasteiger partial charge in [-0.3, -0.25) is 0 Å². The van der Waals surface area contributed by atoms with E-state index < -0.39 is 19.7 Å². The van der Waals surface area contributed by atoms with E-state index in [2.05, 4.69) is 118 Å². The fourth-order valence-electron chi connectivity index (χ4n) is 11.0. The normalized spacial score (nSPS) is 23.6. The smallest absolute Gasteiger partial charge is 0.416 e. The van der Waals surface area contributed by atoms with Crippen molar-refractivity contribution in [3.05, 3.63) is 76.3 Å². The molecule has 4 aliphatic carbocycles. The van der Waals surface area contributed by atoms with Crippen molar-refractivity contribution in [3.63, 3.8) is 0 Å². The summed E-state index contributed by atoms with van der Waals surface area (Å²) >= 11 is 0. The second-order valence-electron chi connectivity index (χ2n) is 20.2. The summed E-state index contributed by atoms with van der Waals surface area (Å²) in [5.41, 5.74) is 5.62. The Morgan fingerprint density at radius 3 is 1.27 bits per heavy atom. The minimum Gasteiger partial charge on any atom is -0.496 e. The molecule has 0 spiro atoms. The van der Waals surface area contributed by atoms with Gasteiger partial charge in [0.05, 0.1) is 19.8 Å². The third-order valence-electron chi connectivity index (χ3n) is 15.1. The molecule has 9 atom stereocenters. The third-order valence-corrected chi connectivity index (χ3v) is 20.2. The zero-order valence-corrected chi connectivity index (χ0v) is 47.2. The fraction of sp³-hybridized carbons (Fsp3) is 0.673. The zero-order chi connectivity index (χ0) is 47.3.